The van der Waals surface area contributed by atoms with Crippen LogP contribution in [-0.4, -0.2) is 51.4 Å². The molecule has 3 aromatic heterocycles. The first-order valence-corrected chi connectivity index (χ1v) is 9.72. The lowest BCUT2D eigenvalue weighted by molar-refractivity contribution is -0.174. The lowest BCUT2D eigenvalue weighted by atomic mass is 10.1. The molecule has 14 heteroatoms. The second-order valence-corrected chi connectivity index (χ2v) is 7.66. The van der Waals surface area contributed by atoms with E-state index in [1.165, 1.54) is 24.8 Å². The molecule has 4 rings (SSSR count). The molecule has 1 aliphatic heterocycles. The van der Waals surface area contributed by atoms with Crippen molar-refractivity contribution in [2.24, 2.45) is 0 Å². The van der Waals surface area contributed by atoms with Crippen LogP contribution in [0.5, 0.6) is 0 Å². The van der Waals surface area contributed by atoms with E-state index in [1.807, 2.05) is 0 Å². The van der Waals surface area contributed by atoms with Gasteiger partial charge in [-0.15, -0.1) is 0 Å². The maximum atomic E-state index is 13.7. The van der Waals surface area contributed by atoms with Gasteiger partial charge in [0.05, 0.1) is 18.1 Å². The van der Waals surface area contributed by atoms with Crippen molar-refractivity contribution in [1.29, 1.82) is 0 Å². The first kappa shape index (κ1) is 23.0. The van der Waals surface area contributed by atoms with E-state index in [9.17, 15) is 35.9 Å². The Morgan fingerprint density at radius 3 is 2.52 bits per heavy atom. The fourth-order valence-corrected chi connectivity index (χ4v) is 3.78. The van der Waals surface area contributed by atoms with E-state index in [1.54, 1.807) is 5.32 Å². The molecule has 0 radical (unpaired) electrons. The molecule has 0 aliphatic carbocycles. The molecule has 4 heterocycles. The van der Waals surface area contributed by atoms with Crippen LogP contribution in [0, 0.1) is 0 Å². The Morgan fingerprint density at radius 2 is 1.91 bits per heavy atom. The Kier molecular flexibility index (Phi) is 5.55. The summed E-state index contributed by atoms with van der Waals surface area (Å²) >= 11 is 6.21. The molecule has 0 spiro atoms. The van der Waals surface area contributed by atoms with Gasteiger partial charge < -0.3 is 14.6 Å². The second kappa shape index (κ2) is 7.97. The fraction of sp³-hybridized carbons (Fsp3) is 0.316. The van der Waals surface area contributed by atoms with Crippen molar-refractivity contribution in [1.82, 2.24) is 19.6 Å². The van der Waals surface area contributed by atoms with Crippen molar-refractivity contribution < 1.29 is 40.3 Å². The minimum absolute atomic E-state index is 0.0248. The van der Waals surface area contributed by atoms with E-state index >= 15 is 0 Å². The van der Waals surface area contributed by atoms with Crippen LogP contribution in [-0.2, 0) is 11.0 Å². The predicted molar refractivity (Wildman–Crippen MR) is 101 cm³/mol. The summed E-state index contributed by atoms with van der Waals surface area (Å²) in [5.41, 5.74) is -1.79. The monoisotopic (exact) mass is 494 g/mol. The SMILES string of the molecule is O=C(c1nc2c(C(F)(F)F)cc(-c3ccoc3)cn2c1Cl)N1CC[C@@H](NC(=O)C(F)(F)F)C1. The Hall–Kier alpha value is -3.22. The van der Waals surface area contributed by atoms with Crippen molar-refractivity contribution in [3.05, 3.63) is 47.3 Å². The van der Waals surface area contributed by atoms with Crippen molar-refractivity contribution in [3.8, 4) is 11.1 Å². The van der Waals surface area contributed by atoms with E-state index in [0.717, 1.165) is 15.4 Å². The summed E-state index contributed by atoms with van der Waals surface area (Å²) in [6.07, 6.45) is -6.11. The Morgan fingerprint density at radius 1 is 1.18 bits per heavy atom. The number of carbonyl (C=O) groups is 2. The van der Waals surface area contributed by atoms with Crippen molar-refractivity contribution >= 4 is 29.1 Å². The highest BCUT2D eigenvalue weighted by Crippen LogP contribution is 2.37. The zero-order chi connectivity index (χ0) is 24.1. The largest absolute Gasteiger partial charge is 0.472 e. The summed E-state index contributed by atoms with van der Waals surface area (Å²) in [7, 11) is 0. The molecule has 1 aliphatic rings. The number of imidazole rings is 1. The number of halogens is 7. The molecule has 3 aromatic rings. The Labute approximate surface area is 185 Å². The molecule has 1 N–H and O–H groups in total. The number of amides is 2. The first-order valence-electron chi connectivity index (χ1n) is 9.34. The van der Waals surface area contributed by atoms with Gasteiger partial charge in [-0.3, -0.25) is 14.0 Å². The molecule has 1 fully saturated rings. The number of likely N-dealkylation sites (tertiary alicyclic amines) is 1. The van der Waals surface area contributed by atoms with Gasteiger partial charge in [-0.25, -0.2) is 4.98 Å². The van der Waals surface area contributed by atoms with E-state index < -0.39 is 52.3 Å². The van der Waals surface area contributed by atoms with Gasteiger partial charge in [-0.2, -0.15) is 26.3 Å². The molecule has 33 heavy (non-hydrogen) atoms. The molecule has 1 saturated heterocycles. The maximum Gasteiger partial charge on any atom is 0.471 e. The quantitative estimate of drug-likeness (QED) is 0.555. The number of fused-ring (bicyclic) bond motifs is 1. The van der Waals surface area contributed by atoms with E-state index in [0.29, 0.717) is 5.56 Å². The second-order valence-electron chi connectivity index (χ2n) is 7.31. The summed E-state index contributed by atoms with van der Waals surface area (Å²) < 4.78 is 84.3. The minimum atomic E-state index is -5.08. The third kappa shape index (κ3) is 4.36. The third-order valence-corrected chi connectivity index (χ3v) is 5.45. The Bertz CT molecular complexity index is 1220. The number of furan rings is 1. The van der Waals surface area contributed by atoms with Gasteiger partial charge >= 0.3 is 18.3 Å². The molecule has 1 atom stereocenters. The zero-order valence-electron chi connectivity index (χ0n) is 16.3. The fourth-order valence-electron chi connectivity index (χ4n) is 3.53. The smallest absolute Gasteiger partial charge is 0.471 e. The highest BCUT2D eigenvalue weighted by molar-refractivity contribution is 6.33. The normalized spacial score (nSPS) is 17.1. The molecule has 0 saturated carbocycles. The molecular formula is C19H13ClF6N4O3. The molecule has 0 aromatic carbocycles. The van der Waals surface area contributed by atoms with Gasteiger partial charge in [0.25, 0.3) is 5.91 Å². The predicted octanol–water partition coefficient (Wildman–Crippen LogP) is 4.16. The molecular weight excluding hydrogens is 482 g/mol. The van der Waals surface area contributed by atoms with Crippen LogP contribution in [0.2, 0.25) is 5.15 Å². The highest BCUT2D eigenvalue weighted by atomic mass is 35.5. The number of nitrogens with zero attached hydrogens (tertiary/aromatic N) is 3. The lowest BCUT2D eigenvalue weighted by Crippen LogP contribution is -2.44. The number of hydrogen-bond donors (Lipinski definition) is 1. The topological polar surface area (TPSA) is 79.9 Å². The van der Waals surface area contributed by atoms with E-state index in [4.69, 9.17) is 16.0 Å². The van der Waals surface area contributed by atoms with Crippen LogP contribution in [0.15, 0.2) is 35.3 Å². The number of rotatable bonds is 3. The van der Waals surface area contributed by atoms with Crippen LogP contribution < -0.4 is 5.32 Å². The van der Waals surface area contributed by atoms with Crippen LogP contribution >= 0.6 is 11.6 Å². The average Bonchev–Trinajstić information content (AvgIpc) is 3.46. The van der Waals surface area contributed by atoms with E-state index in [-0.39, 0.29) is 25.1 Å². The van der Waals surface area contributed by atoms with Crippen LogP contribution in [0.25, 0.3) is 16.8 Å². The number of alkyl halides is 6. The lowest BCUT2D eigenvalue weighted by Gasteiger charge is -2.16. The summed E-state index contributed by atoms with van der Waals surface area (Å²) in [6, 6.07) is 1.31. The maximum absolute atomic E-state index is 13.7. The molecule has 7 nitrogen and oxygen atoms in total. The number of hydrogen-bond acceptors (Lipinski definition) is 4. The van der Waals surface area contributed by atoms with Crippen LogP contribution in [0.3, 0.4) is 0 Å². The molecule has 0 bridgehead atoms. The summed E-state index contributed by atoms with van der Waals surface area (Å²) in [6.45, 7) is -0.324. The van der Waals surface area contributed by atoms with Gasteiger partial charge in [0, 0.05) is 36.5 Å². The number of carbonyl (C=O) groups excluding carboxylic acids is 2. The Balaban J connectivity index is 1.67. The van der Waals surface area contributed by atoms with Gasteiger partial charge in [-0.05, 0) is 18.6 Å². The molecule has 0 unspecified atom stereocenters. The number of aromatic nitrogens is 2. The number of pyridine rings is 1. The highest BCUT2D eigenvalue weighted by Gasteiger charge is 2.42. The molecule has 176 valence electrons. The molecule has 2 amide bonds. The number of nitrogens with one attached hydrogen (secondary N) is 1. The van der Waals surface area contributed by atoms with Crippen molar-refractivity contribution in [3.63, 3.8) is 0 Å². The summed E-state index contributed by atoms with van der Waals surface area (Å²) in [5, 5.41) is 1.38. The van der Waals surface area contributed by atoms with Gasteiger partial charge in [0.1, 0.15) is 5.15 Å². The standard InChI is InChI=1S/C19H13ClF6N4O3/c20-14-13(16(31)29-3-1-11(7-29)27-17(32)19(24,25)26)28-15-12(18(21,22)23)5-10(6-30(14)15)9-2-4-33-8-9/h2,4-6,8,11H,1,3,7H2,(H,27,32)/t11-/m1/s1. The summed E-state index contributed by atoms with van der Waals surface area (Å²) in [5.74, 6) is -3.01. The van der Waals surface area contributed by atoms with Gasteiger partial charge in [0.15, 0.2) is 11.3 Å². The van der Waals surface area contributed by atoms with E-state index in [2.05, 4.69) is 4.98 Å². The zero-order valence-corrected chi connectivity index (χ0v) is 17.1. The third-order valence-electron chi connectivity index (χ3n) is 5.09. The van der Waals surface area contributed by atoms with Crippen LogP contribution in [0.4, 0.5) is 26.3 Å². The van der Waals surface area contributed by atoms with Crippen molar-refractivity contribution in [2.45, 2.75) is 24.8 Å². The van der Waals surface area contributed by atoms with Gasteiger partial charge in [0.2, 0.25) is 0 Å². The van der Waals surface area contributed by atoms with Crippen LogP contribution in [0.1, 0.15) is 22.5 Å². The first-order chi connectivity index (χ1) is 15.4. The van der Waals surface area contributed by atoms with Gasteiger partial charge in [-0.1, -0.05) is 11.6 Å². The minimum Gasteiger partial charge on any atom is -0.472 e. The van der Waals surface area contributed by atoms with Crippen molar-refractivity contribution in [2.75, 3.05) is 13.1 Å². The average molecular weight is 495 g/mol. The summed E-state index contributed by atoms with van der Waals surface area (Å²) in [4.78, 5) is 28.9.